The second-order valence-electron chi connectivity index (χ2n) is 5.41. The number of halogens is 3. The monoisotopic (exact) mass is 398 g/mol. The van der Waals surface area contributed by atoms with E-state index in [1.165, 1.54) is 31.1 Å². The third kappa shape index (κ3) is 5.09. The minimum absolute atomic E-state index is 0.0181. The third-order valence-electron chi connectivity index (χ3n) is 3.58. The van der Waals surface area contributed by atoms with Gasteiger partial charge in [-0.25, -0.2) is 4.39 Å². The van der Waals surface area contributed by atoms with Gasteiger partial charge in [-0.15, -0.1) is 0 Å². The molecule has 0 saturated heterocycles. The van der Waals surface area contributed by atoms with Crippen LogP contribution >= 0.6 is 23.2 Å². The fourth-order valence-electron chi connectivity index (χ4n) is 2.33. The van der Waals surface area contributed by atoms with Crippen molar-refractivity contribution >= 4 is 46.4 Å². The van der Waals surface area contributed by atoms with Crippen molar-refractivity contribution < 1.29 is 18.7 Å². The van der Waals surface area contributed by atoms with Crippen LogP contribution in [0.2, 0.25) is 10.0 Å². The first-order valence-electron chi connectivity index (χ1n) is 7.68. The van der Waals surface area contributed by atoms with Gasteiger partial charge in [0, 0.05) is 30.6 Å². The number of ether oxygens (including phenoxy) is 1. The van der Waals surface area contributed by atoms with Crippen LogP contribution in [0.15, 0.2) is 36.4 Å². The Balaban J connectivity index is 2.09. The van der Waals surface area contributed by atoms with Crippen LogP contribution in [0.4, 0.5) is 15.8 Å². The molecule has 0 aliphatic carbocycles. The summed E-state index contributed by atoms with van der Waals surface area (Å²) in [7, 11) is 1.48. The highest BCUT2D eigenvalue weighted by Gasteiger charge is 2.18. The van der Waals surface area contributed by atoms with E-state index in [4.69, 9.17) is 27.9 Å². The molecule has 0 bridgehead atoms. The van der Waals surface area contributed by atoms with Crippen LogP contribution in [0.5, 0.6) is 5.75 Å². The normalized spacial score (nSPS) is 10.3. The molecular weight excluding hydrogens is 382 g/mol. The minimum Gasteiger partial charge on any atom is -0.495 e. The quantitative estimate of drug-likeness (QED) is 0.777. The Morgan fingerprint density at radius 2 is 1.92 bits per heavy atom. The topological polar surface area (TPSA) is 58.6 Å². The summed E-state index contributed by atoms with van der Waals surface area (Å²) in [6.07, 6.45) is 0.0181. The maximum atomic E-state index is 13.2. The lowest BCUT2D eigenvalue weighted by Crippen LogP contribution is -2.32. The van der Waals surface area contributed by atoms with Crippen LogP contribution in [0.1, 0.15) is 13.3 Å². The number of amides is 2. The Morgan fingerprint density at radius 1 is 1.19 bits per heavy atom. The van der Waals surface area contributed by atoms with Crippen molar-refractivity contribution in [1.82, 2.24) is 0 Å². The summed E-state index contributed by atoms with van der Waals surface area (Å²) in [5.41, 5.74) is 0.848. The summed E-state index contributed by atoms with van der Waals surface area (Å²) in [5, 5.41) is 2.97. The van der Waals surface area contributed by atoms with Crippen LogP contribution in [0.25, 0.3) is 0 Å². The van der Waals surface area contributed by atoms with Crippen molar-refractivity contribution in [3.8, 4) is 5.75 Å². The average Bonchev–Trinajstić information content (AvgIpc) is 2.58. The highest BCUT2D eigenvalue weighted by molar-refractivity contribution is 6.31. The number of rotatable bonds is 6. The molecule has 1 N–H and O–H groups in total. The van der Waals surface area contributed by atoms with E-state index in [0.29, 0.717) is 22.1 Å². The summed E-state index contributed by atoms with van der Waals surface area (Å²) in [5.74, 6) is -0.709. The fraction of sp³-hybridized carbons (Fsp3) is 0.222. The van der Waals surface area contributed by atoms with Crippen molar-refractivity contribution in [2.75, 3.05) is 23.9 Å². The predicted molar refractivity (Wildman–Crippen MR) is 101 cm³/mol. The van der Waals surface area contributed by atoms with Gasteiger partial charge in [-0.3, -0.25) is 9.59 Å². The van der Waals surface area contributed by atoms with E-state index < -0.39 is 5.82 Å². The zero-order valence-electron chi connectivity index (χ0n) is 14.2. The van der Waals surface area contributed by atoms with Crippen molar-refractivity contribution in [3.05, 3.63) is 52.3 Å². The molecule has 0 atom stereocenters. The maximum Gasteiger partial charge on any atom is 0.226 e. The number of benzene rings is 2. The standard InChI is InChI=1S/C18H17Cl2FN2O3/c1-11(24)23(16-9-12(19)3-6-17(16)26-2)8-7-18(25)22-13-4-5-15(21)14(20)10-13/h3-6,9-10H,7-8H2,1-2H3,(H,22,25). The number of hydrogen-bond donors (Lipinski definition) is 1. The molecule has 0 unspecified atom stereocenters. The minimum atomic E-state index is -0.569. The number of nitrogens with zero attached hydrogens (tertiary/aromatic N) is 1. The average molecular weight is 399 g/mol. The lowest BCUT2D eigenvalue weighted by atomic mass is 10.2. The smallest absolute Gasteiger partial charge is 0.226 e. The zero-order chi connectivity index (χ0) is 19.3. The molecule has 0 aliphatic heterocycles. The van der Waals surface area contributed by atoms with E-state index in [1.54, 1.807) is 18.2 Å². The molecule has 0 aliphatic rings. The Morgan fingerprint density at radius 3 is 2.54 bits per heavy atom. The molecule has 0 aromatic heterocycles. The Labute approximate surface area is 160 Å². The first kappa shape index (κ1) is 20.0. The maximum absolute atomic E-state index is 13.2. The van der Waals surface area contributed by atoms with Gasteiger partial charge in [0.1, 0.15) is 11.6 Å². The van der Waals surface area contributed by atoms with Gasteiger partial charge in [0.25, 0.3) is 0 Å². The second-order valence-corrected chi connectivity index (χ2v) is 6.26. The Bertz CT molecular complexity index is 830. The summed E-state index contributed by atoms with van der Waals surface area (Å²) in [6, 6.07) is 8.77. The molecule has 0 heterocycles. The van der Waals surface area contributed by atoms with Crippen LogP contribution in [-0.4, -0.2) is 25.5 Å². The van der Waals surface area contributed by atoms with E-state index in [9.17, 15) is 14.0 Å². The summed E-state index contributed by atoms with van der Waals surface area (Å²) >= 11 is 11.7. The lowest BCUT2D eigenvalue weighted by Gasteiger charge is -2.23. The highest BCUT2D eigenvalue weighted by atomic mass is 35.5. The van der Waals surface area contributed by atoms with Crippen LogP contribution < -0.4 is 15.0 Å². The molecule has 2 aromatic carbocycles. The van der Waals surface area contributed by atoms with Gasteiger partial charge in [0.2, 0.25) is 11.8 Å². The fourth-order valence-corrected chi connectivity index (χ4v) is 2.68. The zero-order valence-corrected chi connectivity index (χ0v) is 15.7. The summed E-state index contributed by atoms with van der Waals surface area (Å²) in [6.45, 7) is 1.50. The molecule has 2 amide bonds. The highest BCUT2D eigenvalue weighted by Crippen LogP contribution is 2.31. The molecule has 0 saturated carbocycles. The molecule has 26 heavy (non-hydrogen) atoms. The molecule has 8 heteroatoms. The molecule has 0 fully saturated rings. The van der Waals surface area contributed by atoms with E-state index in [2.05, 4.69) is 5.32 Å². The number of carbonyl (C=O) groups is 2. The number of nitrogens with one attached hydrogen (secondary N) is 1. The van der Waals surface area contributed by atoms with Gasteiger partial charge in [0.15, 0.2) is 0 Å². The van der Waals surface area contributed by atoms with Gasteiger partial charge in [-0.2, -0.15) is 0 Å². The third-order valence-corrected chi connectivity index (χ3v) is 4.10. The first-order valence-corrected chi connectivity index (χ1v) is 8.44. The number of carbonyl (C=O) groups excluding carboxylic acids is 2. The molecule has 0 spiro atoms. The lowest BCUT2D eigenvalue weighted by molar-refractivity contribution is -0.117. The largest absolute Gasteiger partial charge is 0.495 e. The van der Waals surface area contributed by atoms with Gasteiger partial charge in [-0.1, -0.05) is 23.2 Å². The Kier molecular flexibility index (Phi) is 6.83. The number of hydrogen-bond acceptors (Lipinski definition) is 3. The summed E-state index contributed by atoms with van der Waals surface area (Å²) < 4.78 is 18.4. The van der Waals surface area contributed by atoms with Crippen LogP contribution in [0.3, 0.4) is 0 Å². The predicted octanol–water partition coefficient (Wildman–Crippen LogP) is 4.52. The molecule has 2 aromatic rings. The van der Waals surface area contributed by atoms with Crippen LogP contribution in [0, 0.1) is 5.82 Å². The van der Waals surface area contributed by atoms with E-state index in [-0.39, 0.29) is 29.8 Å². The van der Waals surface area contributed by atoms with Crippen molar-refractivity contribution in [1.29, 1.82) is 0 Å². The van der Waals surface area contributed by atoms with Crippen molar-refractivity contribution in [2.24, 2.45) is 0 Å². The summed E-state index contributed by atoms with van der Waals surface area (Å²) in [4.78, 5) is 25.6. The van der Waals surface area contributed by atoms with E-state index >= 15 is 0 Å². The van der Waals surface area contributed by atoms with E-state index in [1.807, 2.05) is 0 Å². The SMILES string of the molecule is COc1ccc(Cl)cc1N(CCC(=O)Nc1ccc(F)c(Cl)c1)C(C)=O. The van der Waals surface area contributed by atoms with Crippen molar-refractivity contribution in [3.63, 3.8) is 0 Å². The molecule has 138 valence electrons. The van der Waals surface area contributed by atoms with Gasteiger partial charge in [0.05, 0.1) is 17.8 Å². The molecule has 2 rings (SSSR count). The number of anilines is 2. The number of methoxy groups -OCH3 is 1. The molecule has 0 radical (unpaired) electrons. The molecular formula is C18H17Cl2FN2O3. The first-order chi connectivity index (χ1) is 12.3. The van der Waals surface area contributed by atoms with E-state index in [0.717, 1.165) is 6.07 Å². The Hall–Kier alpha value is -2.31. The van der Waals surface area contributed by atoms with Crippen molar-refractivity contribution in [2.45, 2.75) is 13.3 Å². The van der Waals surface area contributed by atoms with Crippen LogP contribution in [-0.2, 0) is 9.59 Å². The molecule has 5 nitrogen and oxygen atoms in total. The second kappa shape index (κ2) is 8.87. The van der Waals surface area contributed by atoms with Gasteiger partial charge in [-0.05, 0) is 36.4 Å². The van der Waals surface area contributed by atoms with Gasteiger partial charge < -0.3 is 15.0 Å². The van der Waals surface area contributed by atoms with Gasteiger partial charge >= 0.3 is 0 Å².